The fourth-order valence-electron chi connectivity index (χ4n) is 1.92. The van der Waals surface area contributed by atoms with Gasteiger partial charge in [0.25, 0.3) is 0 Å². The SMILES string of the molecule is CCC(C(=O)O)c1ccccc1.CCN(CC)CCO.Cl. The van der Waals surface area contributed by atoms with Crippen LogP contribution in [0, 0.1) is 0 Å². The average Bonchev–Trinajstić information content (AvgIpc) is 2.47. The van der Waals surface area contributed by atoms with Gasteiger partial charge in [-0.1, -0.05) is 51.1 Å². The van der Waals surface area contributed by atoms with Gasteiger partial charge in [-0.15, -0.1) is 12.4 Å². The zero-order valence-electron chi connectivity index (χ0n) is 13.2. The van der Waals surface area contributed by atoms with Crippen molar-refractivity contribution in [2.24, 2.45) is 0 Å². The molecule has 0 amide bonds. The number of halogens is 1. The summed E-state index contributed by atoms with van der Waals surface area (Å²) in [7, 11) is 0. The summed E-state index contributed by atoms with van der Waals surface area (Å²) < 4.78 is 0. The first kappa shape index (κ1) is 22.2. The summed E-state index contributed by atoms with van der Waals surface area (Å²) in [6.45, 7) is 9.24. The van der Waals surface area contributed by atoms with Crippen LogP contribution in [0.5, 0.6) is 0 Å². The molecule has 0 saturated carbocycles. The van der Waals surface area contributed by atoms with Crippen LogP contribution in [-0.4, -0.2) is 47.3 Å². The van der Waals surface area contributed by atoms with Crippen LogP contribution in [0.25, 0.3) is 0 Å². The standard InChI is InChI=1S/C10H12O2.C6H15NO.ClH/c1-2-9(10(11)12)8-6-4-3-5-7-8;1-3-7(4-2)5-6-8;/h3-7,9H,2H2,1H3,(H,11,12);8H,3-6H2,1-2H3;1H. The highest BCUT2D eigenvalue weighted by molar-refractivity contribution is 5.85. The lowest BCUT2D eigenvalue weighted by Crippen LogP contribution is -2.25. The summed E-state index contributed by atoms with van der Waals surface area (Å²) in [6.07, 6.45) is 0.638. The van der Waals surface area contributed by atoms with Crippen molar-refractivity contribution in [3.05, 3.63) is 35.9 Å². The first-order valence-corrected chi connectivity index (χ1v) is 7.21. The van der Waals surface area contributed by atoms with Crippen LogP contribution in [0.4, 0.5) is 0 Å². The summed E-state index contributed by atoms with van der Waals surface area (Å²) in [5.41, 5.74) is 0.882. The van der Waals surface area contributed by atoms with Crippen molar-refractivity contribution in [1.82, 2.24) is 4.90 Å². The van der Waals surface area contributed by atoms with Crippen molar-refractivity contribution < 1.29 is 15.0 Å². The Morgan fingerprint density at radius 1 is 1.14 bits per heavy atom. The van der Waals surface area contributed by atoms with E-state index in [2.05, 4.69) is 18.7 Å². The van der Waals surface area contributed by atoms with E-state index in [1.54, 1.807) is 0 Å². The van der Waals surface area contributed by atoms with E-state index in [1.807, 2.05) is 37.3 Å². The fraction of sp³-hybridized carbons (Fsp3) is 0.562. The number of nitrogens with zero attached hydrogens (tertiary/aromatic N) is 1. The quantitative estimate of drug-likeness (QED) is 0.811. The molecule has 1 aromatic rings. The summed E-state index contributed by atoms with van der Waals surface area (Å²) in [4.78, 5) is 12.9. The van der Waals surface area contributed by atoms with Crippen molar-refractivity contribution in [3.8, 4) is 0 Å². The van der Waals surface area contributed by atoms with E-state index in [-0.39, 0.29) is 24.9 Å². The third-order valence-electron chi connectivity index (χ3n) is 3.22. The zero-order chi connectivity index (χ0) is 15.4. The Balaban J connectivity index is 0. The third kappa shape index (κ3) is 9.45. The van der Waals surface area contributed by atoms with Gasteiger partial charge in [0.05, 0.1) is 12.5 Å². The van der Waals surface area contributed by atoms with Gasteiger partial charge < -0.3 is 15.1 Å². The molecule has 5 heteroatoms. The van der Waals surface area contributed by atoms with Crippen LogP contribution in [-0.2, 0) is 4.79 Å². The molecule has 0 heterocycles. The van der Waals surface area contributed by atoms with Gasteiger partial charge in [0.2, 0.25) is 0 Å². The Bertz CT molecular complexity index is 356. The Kier molecular flexibility index (Phi) is 14.6. The van der Waals surface area contributed by atoms with E-state index in [9.17, 15) is 4.79 Å². The molecule has 2 N–H and O–H groups in total. The predicted molar refractivity (Wildman–Crippen MR) is 89.2 cm³/mol. The van der Waals surface area contributed by atoms with Crippen molar-refractivity contribution >= 4 is 18.4 Å². The van der Waals surface area contributed by atoms with Gasteiger partial charge in [-0.3, -0.25) is 4.79 Å². The van der Waals surface area contributed by atoms with Gasteiger partial charge in [0, 0.05) is 6.54 Å². The molecular formula is C16H28ClNO3. The number of likely N-dealkylation sites (N-methyl/N-ethyl adjacent to an activating group) is 1. The number of aliphatic carboxylic acids is 1. The topological polar surface area (TPSA) is 60.8 Å². The van der Waals surface area contributed by atoms with E-state index in [0.29, 0.717) is 6.42 Å². The van der Waals surface area contributed by atoms with E-state index in [4.69, 9.17) is 10.2 Å². The van der Waals surface area contributed by atoms with Crippen LogP contribution in [0.1, 0.15) is 38.7 Å². The monoisotopic (exact) mass is 317 g/mol. The zero-order valence-corrected chi connectivity index (χ0v) is 14.0. The number of hydrogen-bond acceptors (Lipinski definition) is 3. The van der Waals surface area contributed by atoms with Crippen LogP contribution < -0.4 is 0 Å². The van der Waals surface area contributed by atoms with Crippen LogP contribution in [0.2, 0.25) is 0 Å². The second kappa shape index (κ2) is 13.9. The minimum Gasteiger partial charge on any atom is -0.481 e. The summed E-state index contributed by atoms with van der Waals surface area (Å²) in [6, 6.07) is 9.31. The van der Waals surface area contributed by atoms with Crippen molar-refractivity contribution in [3.63, 3.8) is 0 Å². The largest absolute Gasteiger partial charge is 0.481 e. The minimum atomic E-state index is -0.747. The van der Waals surface area contributed by atoms with Gasteiger partial charge in [-0.25, -0.2) is 0 Å². The van der Waals surface area contributed by atoms with Crippen LogP contribution >= 0.6 is 12.4 Å². The highest BCUT2D eigenvalue weighted by atomic mass is 35.5. The maximum atomic E-state index is 10.7. The number of carbonyl (C=O) groups is 1. The molecule has 1 aromatic carbocycles. The first-order chi connectivity index (χ1) is 9.60. The fourth-order valence-corrected chi connectivity index (χ4v) is 1.92. The summed E-state index contributed by atoms with van der Waals surface area (Å²) >= 11 is 0. The lowest BCUT2D eigenvalue weighted by Gasteiger charge is -2.15. The van der Waals surface area contributed by atoms with Gasteiger partial charge in [0.1, 0.15) is 0 Å². The molecule has 0 fully saturated rings. The lowest BCUT2D eigenvalue weighted by molar-refractivity contribution is -0.138. The van der Waals surface area contributed by atoms with Crippen molar-refractivity contribution in [1.29, 1.82) is 0 Å². The number of aliphatic hydroxyl groups excluding tert-OH is 1. The second-order valence-electron chi connectivity index (χ2n) is 4.46. The first-order valence-electron chi connectivity index (χ1n) is 7.21. The maximum absolute atomic E-state index is 10.7. The molecule has 0 bridgehead atoms. The van der Waals surface area contributed by atoms with Crippen LogP contribution in [0.15, 0.2) is 30.3 Å². The van der Waals surface area contributed by atoms with E-state index < -0.39 is 5.97 Å². The van der Waals surface area contributed by atoms with Gasteiger partial charge in [-0.05, 0) is 25.1 Å². The Morgan fingerprint density at radius 3 is 1.95 bits per heavy atom. The molecule has 0 saturated heterocycles. The Hall–Kier alpha value is -1.10. The van der Waals surface area contributed by atoms with Gasteiger partial charge >= 0.3 is 5.97 Å². The van der Waals surface area contributed by atoms with E-state index in [0.717, 1.165) is 25.2 Å². The Labute approximate surface area is 134 Å². The molecular weight excluding hydrogens is 290 g/mol. The van der Waals surface area contributed by atoms with Gasteiger partial charge in [0.15, 0.2) is 0 Å². The molecule has 122 valence electrons. The van der Waals surface area contributed by atoms with E-state index in [1.165, 1.54) is 0 Å². The minimum absolute atomic E-state index is 0. The molecule has 1 atom stereocenters. The molecule has 0 spiro atoms. The number of carboxylic acid groups (broad SMARTS) is 1. The highest BCUT2D eigenvalue weighted by Crippen LogP contribution is 2.18. The van der Waals surface area contributed by atoms with Gasteiger partial charge in [-0.2, -0.15) is 0 Å². The molecule has 0 aliphatic rings. The number of hydrogen-bond donors (Lipinski definition) is 2. The molecule has 0 aromatic heterocycles. The van der Waals surface area contributed by atoms with Crippen molar-refractivity contribution in [2.45, 2.75) is 33.1 Å². The smallest absolute Gasteiger partial charge is 0.310 e. The summed E-state index contributed by atoms with van der Waals surface area (Å²) in [5, 5.41) is 17.3. The molecule has 0 aliphatic carbocycles. The normalized spacial score (nSPS) is 11.1. The highest BCUT2D eigenvalue weighted by Gasteiger charge is 2.16. The molecule has 4 nitrogen and oxygen atoms in total. The number of rotatable bonds is 7. The molecule has 1 rings (SSSR count). The lowest BCUT2D eigenvalue weighted by atomic mass is 9.97. The maximum Gasteiger partial charge on any atom is 0.310 e. The van der Waals surface area contributed by atoms with Crippen LogP contribution in [0.3, 0.4) is 0 Å². The van der Waals surface area contributed by atoms with Crippen molar-refractivity contribution in [2.75, 3.05) is 26.2 Å². The molecule has 0 aliphatic heterocycles. The van der Waals surface area contributed by atoms with E-state index >= 15 is 0 Å². The molecule has 0 radical (unpaired) electrons. The predicted octanol–water partition coefficient (Wildman–Crippen LogP) is 3.01. The number of benzene rings is 1. The summed E-state index contributed by atoms with van der Waals surface area (Å²) in [5.74, 6) is -1.10. The number of aliphatic hydroxyl groups is 1. The molecule has 1 unspecified atom stereocenters. The third-order valence-corrected chi connectivity index (χ3v) is 3.22. The molecule has 21 heavy (non-hydrogen) atoms. The second-order valence-corrected chi connectivity index (χ2v) is 4.46. The Morgan fingerprint density at radius 2 is 1.67 bits per heavy atom. The average molecular weight is 318 g/mol. The number of carboxylic acids is 1.